The lowest BCUT2D eigenvalue weighted by Crippen LogP contribution is -2.05. The summed E-state index contributed by atoms with van der Waals surface area (Å²) in [6.45, 7) is 2.20. The largest absolute Gasteiger partial charge is 0.497 e. The van der Waals surface area contributed by atoms with E-state index in [4.69, 9.17) is 24.9 Å². The van der Waals surface area contributed by atoms with Crippen LogP contribution in [0.5, 0.6) is 17.4 Å². The summed E-state index contributed by atoms with van der Waals surface area (Å²) in [4.78, 5) is 9.21. The van der Waals surface area contributed by atoms with Gasteiger partial charge in [0.15, 0.2) is 0 Å². The fraction of sp³-hybridized carbons (Fsp3) is 0.160. The van der Waals surface area contributed by atoms with Crippen LogP contribution >= 0.6 is 11.3 Å². The summed E-state index contributed by atoms with van der Waals surface area (Å²) in [6.07, 6.45) is 0. The van der Waals surface area contributed by atoms with Crippen molar-refractivity contribution < 1.29 is 14.2 Å². The molecule has 4 rings (SSSR count). The minimum Gasteiger partial charge on any atom is -0.497 e. The van der Waals surface area contributed by atoms with Crippen molar-refractivity contribution in [2.75, 3.05) is 26.6 Å². The normalized spacial score (nSPS) is 10.5. The molecule has 2 N–H and O–H groups in total. The molecule has 2 heterocycles. The standard InChI is InChI=1S/C25H22N4O3S/c1-4-32-24-19(13-26)21(16-7-11-18(31-3)12-8-16)22(23(27)29-24)25-28-20(14-33-25)15-5-9-17(30-2)10-6-15/h5-12,14H,4H2,1-3H3,(H2,27,29). The second-order valence-electron chi connectivity index (χ2n) is 6.97. The number of nitrogens with zero attached hydrogens (tertiary/aromatic N) is 3. The maximum Gasteiger partial charge on any atom is 0.234 e. The van der Waals surface area contributed by atoms with Crippen molar-refractivity contribution in [1.29, 1.82) is 5.26 Å². The minimum absolute atomic E-state index is 0.207. The number of ether oxygens (including phenoxy) is 3. The Balaban J connectivity index is 1.90. The molecule has 7 nitrogen and oxygen atoms in total. The number of nitriles is 1. The van der Waals surface area contributed by atoms with Crippen LogP contribution in [0.3, 0.4) is 0 Å². The summed E-state index contributed by atoms with van der Waals surface area (Å²) in [7, 11) is 3.24. The van der Waals surface area contributed by atoms with Crippen LogP contribution in [0.25, 0.3) is 33.0 Å². The molecule has 8 heteroatoms. The number of aromatic nitrogens is 2. The summed E-state index contributed by atoms with van der Waals surface area (Å²) in [5.74, 6) is 1.94. The van der Waals surface area contributed by atoms with E-state index in [-0.39, 0.29) is 11.7 Å². The molecule has 4 aromatic rings. The molecular formula is C25H22N4O3S. The van der Waals surface area contributed by atoms with Crippen LogP contribution in [0, 0.1) is 11.3 Å². The molecule has 2 aromatic heterocycles. The highest BCUT2D eigenvalue weighted by molar-refractivity contribution is 7.13. The first kappa shape index (κ1) is 22.1. The first-order valence-corrected chi connectivity index (χ1v) is 11.1. The molecule has 2 aromatic carbocycles. The highest BCUT2D eigenvalue weighted by atomic mass is 32.1. The molecular weight excluding hydrogens is 436 g/mol. The number of benzene rings is 2. The van der Waals surface area contributed by atoms with E-state index in [1.165, 1.54) is 11.3 Å². The molecule has 0 amide bonds. The van der Waals surface area contributed by atoms with E-state index >= 15 is 0 Å². The molecule has 0 aliphatic carbocycles. The van der Waals surface area contributed by atoms with E-state index in [2.05, 4.69) is 11.1 Å². The van der Waals surface area contributed by atoms with Gasteiger partial charge >= 0.3 is 0 Å². The monoisotopic (exact) mass is 458 g/mol. The molecule has 0 spiro atoms. The first-order valence-electron chi connectivity index (χ1n) is 10.2. The van der Waals surface area contributed by atoms with Gasteiger partial charge in [-0.05, 0) is 48.9 Å². The predicted molar refractivity (Wildman–Crippen MR) is 130 cm³/mol. The Morgan fingerprint density at radius 1 is 0.909 bits per heavy atom. The van der Waals surface area contributed by atoms with Gasteiger partial charge in [-0.15, -0.1) is 11.3 Å². The van der Waals surface area contributed by atoms with Crippen molar-refractivity contribution in [2.24, 2.45) is 0 Å². The molecule has 0 fully saturated rings. The molecule has 166 valence electrons. The van der Waals surface area contributed by atoms with Crippen LogP contribution < -0.4 is 19.9 Å². The van der Waals surface area contributed by atoms with Crippen LogP contribution in [0.2, 0.25) is 0 Å². The number of hydrogen-bond donors (Lipinski definition) is 1. The summed E-state index contributed by atoms with van der Waals surface area (Å²) in [6, 6.07) is 17.4. The third-order valence-electron chi connectivity index (χ3n) is 5.07. The van der Waals surface area contributed by atoms with Gasteiger partial charge in [0.25, 0.3) is 0 Å². The van der Waals surface area contributed by atoms with Gasteiger partial charge in [-0.1, -0.05) is 12.1 Å². The lowest BCUT2D eigenvalue weighted by molar-refractivity contribution is 0.326. The van der Waals surface area contributed by atoms with Gasteiger partial charge in [0.1, 0.15) is 34.0 Å². The summed E-state index contributed by atoms with van der Waals surface area (Å²) in [5.41, 5.74) is 10.5. The maximum absolute atomic E-state index is 10.0. The Labute approximate surface area is 196 Å². The Morgan fingerprint density at radius 2 is 1.52 bits per heavy atom. The minimum atomic E-state index is 0.207. The van der Waals surface area contributed by atoms with E-state index in [0.29, 0.717) is 34.1 Å². The number of methoxy groups -OCH3 is 2. The summed E-state index contributed by atoms with van der Waals surface area (Å²) in [5, 5.41) is 12.6. The van der Waals surface area contributed by atoms with Crippen molar-refractivity contribution in [2.45, 2.75) is 6.92 Å². The van der Waals surface area contributed by atoms with E-state index in [1.807, 2.05) is 60.8 Å². The number of thiazole rings is 1. The van der Waals surface area contributed by atoms with E-state index < -0.39 is 0 Å². The topological polar surface area (TPSA) is 103 Å². The van der Waals surface area contributed by atoms with E-state index in [1.54, 1.807) is 14.2 Å². The average molecular weight is 459 g/mol. The smallest absolute Gasteiger partial charge is 0.234 e. The van der Waals surface area contributed by atoms with Crippen molar-refractivity contribution in [3.05, 3.63) is 59.5 Å². The second kappa shape index (κ2) is 9.59. The van der Waals surface area contributed by atoms with Gasteiger partial charge in [0.05, 0.1) is 32.1 Å². The van der Waals surface area contributed by atoms with Crippen molar-refractivity contribution in [3.63, 3.8) is 0 Å². The fourth-order valence-corrected chi connectivity index (χ4v) is 4.36. The Morgan fingerprint density at radius 3 is 2.06 bits per heavy atom. The first-order chi connectivity index (χ1) is 16.1. The maximum atomic E-state index is 10.0. The second-order valence-corrected chi connectivity index (χ2v) is 7.83. The number of hydrogen-bond acceptors (Lipinski definition) is 8. The highest BCUT2D eigenvalue weighted by Crippen LogP contribution is 2.43. The average Bonchev–Trinajstić information content (AvgIpc) is 3.33. The number of rotatable bonds is 7. The zero-order valence-corrected chi connectivity index (χ0v) is 19.3. The molecule has 33 heavy (non-hydrogen) atoms. The zero-order valence-electron chi connectivity index (χ0n) is 18.5. The molecule has 0 bridgehead atoms. The lowest BCUT2D eigenvalue weighted by Gasteiger charge is -2.16. The molecule has 0 atom stereocenters. The van der Waals surface area contributed by atoms with Gasteiger partial charge < -0.3 is 19.9 Å². The van der Waals surface area contributed by atoms with Crippen LogP contribution in [0.15, 0.2) is 53.9 Å². The van der Waals surface area contributed by atoms with Crippen molar-refractivity contribution in [1.82, 2.24) is 9.97 Å². The zero-order chi connectivity index (χ0) is 23.4. The van der Waals surface area contributed by atoms with Gasteiger partial charge in [-0.3, -0.25) is 0 Å². The number of nitrogen functional groups attached to an aromatic ring is 1. The van der Waals surface area contributed by atoms with Gasteiger partial charge in [-0.25, -0.2) is 4.98 Å². The Hall–Kier alpha value is -4.09. The number of pyridine rings is 1. The van der Waals surface area contributed by atoms with Crippen LogP contribution in [-0.2, 0) is 0 Å². The predicted octanol–water partition coefficient (Wildman–Crippen LogP) is 5.41. The van der Waals surface area contributed by atoms with Gasteiger partial charge in [0, 0.05) is 16.5 Å². The van der Waals surface area contributed by atoms with Crippen LogP contribution in [0.4, 0.5) is 5.82 Å². The van der Waals surface area contributed by atoms with Gasteiger partial charge in [-0.2, -0.15) is 10.2 Å². The highest BCUT2D eigenvalue weighted by Gasteiger charge is 2.24. The third kappa shape index (κ3) is 4.31. The van der Waals surface area contributed by atoms with E-state index in [0.717, 1.165) is 22.6 Å². The van der Waals surface area contributed by atoms with Gasteiger partial charge in [0.2, 0.25) is 5.88 Å². The molecule has 0 radical (unpaired) electrons. The molecule has 0 aliphatic rings. The van der Waals surface area contributed by atoms with Crippen LogP contribution in [-0.4, -0.2) is 30.8 Å². The number of anilines is 1. The number of nitrogens with two attached hydrogens (primary N) is 1. The molecule has 0 saturated heterocycles. The Bertz CT molecular complexity index is 1310. The third-order valence-corrected chi connectivity index (χ3v) is 5.93. The van der Waals surface area contributed by atoms with Crippen LogP contribution in [0.1, 0.15) is 12.5 Å². The summed E-state index contributed by atoms with van der Waals surface area (Å²) >= 11 is 1.44. The lowest BCUT2D eigenvalue weighted by atomic mass is 9.96. The van der Waals surface area contributed by atoms with Crippen molar-refractivity contribution in [3.8, 4) is 56.4 Å². The SMILES string of the molecule is CCOc1nc(N)c(-c2nc(-c3ccc(OC)cc3)cs2)c(-c2ccc(OC)cc2)c1C#N. The Kier molecular flexibility index (Phi) is 6.43. The van der Waals surface area contributed by atoms with E-state index in [9.17, 15) is 5.26 Å². The quantitative estimate of drug-likeness (QED) is 0.395. The summed E-state index contributed by atoms with van der Waals surface area (Å²) < 4.78 is 16.2. The molecule has 0 saturated carbocycles. The molecule has 0 aliphatic heterocycles. The fourth-order valence-electron chi connectivity index (χ4n) is 3.47. The van der Waals surface area contributed by atoms with Crippen molar-refractivity contribution >= 4 is 17.2 Å². The molecule has 0 unspecified atom stereocenters.